The van der Waals surface area contributed by atoms with Crippen LogP contribution in [0, 0.1) is 11.3 Å². The molecule has 86 valence electrons. The SMILES string of the molecule is CNC(=O)[C@@H](C)NC(C)c1ccc(C#N)s1. The van der Waals surface area contributed by atoms with Gasteiger partial charge in [0.15, 0.2) is 0 Å². The second-order valence-corrected chi connectivity index (χ2v) is 4.65. The molecule has 16 heavy (non-hydrogen) atoms. The fourth-order valence-electron chi connectivity index (χ4n) is 1.39. The molecule has 1 aromatic rings. The lowest BCUT2D eigenvalue weighted by Crippen LogP contribution is -2.41. The van der Waals surface area contributed by atoms with Crippen LogP contribution in [0.3, 0.4) is 0 Å². The fraction of sp³-hybridized carbons (Fsp3) is 0.455. The van der Waals surface area contributed by atoms with Gasteiger partial charge in [-0.1, -0.05) is 0 Å². The molecular weight excluding hydrogens is 222 g/mol. The van der Waals surface area contributed by atoms with Crippen LogP contribution in [0.5, 0.6) is 0 Å². The van der Waals surface area contributed by atoms with Crippen LogP contribution in [-0.4, -0.2) is 19.0 Å². The van der Waals surface area contributed by atoms with Crippen molar-refractivity contribution in [3.8, 4) is 6.07 Å². The number of rotatable bonds is 4. The number of nitriles is 1. The second kappa shape index (κ2) is 5.64. The first kappa shape index (κ1) is 12.7. The minimum absolute atomic E-state index is 0.0380. The van der Waals surface area contributed by atoms with Crippen LogP contribution in [-0.2, 0) is 4.79 Å². The summed E-state index contributed by atoms with van der Waals surface area (Å²) in [5.74, 6) is -0.0380. The van der Waals surface area contributed by atoms with Gasteiger partial charge in [0, 0.05) is 18.0 Å². The number of hydrogen-bond acceptors (Lipinski definition) is 4. The number of carbonyl (C=O) groups is 1. The van der Waals surface area contributed by atoms with E-state index in [1.807, 2.05) is 19.9 Å². The summed E-state index contributed by atoms with van der Waals surface area (Å²) in [4.78, 5) is 13.1. The topological polar surface area (TPSA) is 64.9 Å². The van der Waals surface area contributed by atoms with Crippen molar-refractivity contribution in [2.24, 2.45) is 0 Å². The molecule has 0 spiro atoms. The number of thiophene rings is 1. The standard InChI is InChI=1S/C11H15N3OS/c1-7(14-8(2)11(15)13-3)10-5-4-9(6-12)16-10/h4-5,7-8,14H,1-3H3,(H,13,15)/t7?,8-/m1/s1. The van der Waals surface area contributed by atoms with Crippen molar-refractivity contribution >= 4 is 17.2 Å². The highest BCUT2D eigenvalue weighted by molar-refractivity contribution is 7.12. The summed E-state index contributed by atoms with van der Waals surface area (Å²) in [5.41, 5.74) is 0. The molecule has 1 aromatic heterocycles. The fourth-order valence-corrected chi connectivity index (χ4v) is 2.21. The van der Waals surface area contributed by atoms with Crippen molar-refractivity contribution in [3.63, 3.8) is 0 Å². The lowest BCUT2D eigenvalue weighted by Gasteiger charge is -2.17. The lowest BCUT2D eigenvalue weighted by atomic mass is 10.2. The molecule has 2 atom stereocenters. The summed E-state index contributed by atoms with van der Waals surface area (Å²) in [6.07, 6.45) is 0. The van der Waals surface area contributed by atoms with E-state index >= 15 is 0 Å². The number of hydrogen-bond donors (Lipinski definition) is 2. The third kappa shape index (κ3) is 3.05. The summed E-state index contributed by atoms with van der Waals surface area (Å²) in [7, 11) is 1.62. The van der Waals surface area contributed by atoms with E-state index in [0.717, 1.165) is 4.88 Å². The highest BCUT2D eigenvalue weighted by atomic mass is 32.1. The molecule has 0 saturated carbocycles. The van der Waals surface area contributed by atoms with E-state index in [2.05, 4.69) is 16.7 Å². The zero-order valence-corrected chi connectivity index (χ0v) is 10.4. The summed E-state index contributed by atoms with van der Waals surface area (Å²) in [6, 6.07) is 5.64. The van der Waals surface area contributed by atoms with Gasteiger partial charge in [-0.25, -0.2) is 0 Å². The number of amides is 1. The summed E-state index contributed by atoms with van der Waals surface area (Å²) >= 11 is 1.45. The summed E-state index contributed by atoms with van der Waals surface area (Å²) in [6.45, 7) is 3.79. The minimum atomic E-state index is -0.243. The van der Waals surface area contributed by atoms with Crippen molar-refractivity contribution in [2.45, 2.75) is 25.9 Å². The number of nitrogens with one attached hydrogen (secondary N) is 2. The van der Waals surface area contributed by atoms with Crippen LogP contribution in [0.25, 0.3) is 0 Å². The Kier molecular flexibility index (Phi) is 4.47. The van der Waals surface area contributed by atoms with Gasteiger partial charge in [-0.05, 0) is 26.0 Å². The smallest absolute Gasteiger partial charge is 0.236 e. The molecule has 1 amide bonds. The number of nitrogens with zero attached hydrogens (tertiary/aromatic N) is 1. The molecule has 0 bridgehead atoms. The van der Waals surface area contributed by atoms with Crippen LogP contribution < -0.4 is 10.6 Å². The van der Waals surface area contributed by atoms with E-state index < -0.39 is 0 Å². The maximum absolute atomic E-state index is 11.3. The molecule has 0 saturated heterocycles. The van der Waals surface area contributed by atoms with Crippen LogP contribution >= 0.6 is 11.3 Å². The summed E-state index contributed by atoms with van der Waals surface area (Å²) in [5, 5.41) is 14.5. The van der Waals surface area contributed by atoms with E-state index in [9.17, 15) is 4.79 Å². The highest BCUT2D eigenvalue weighted by Gasteiger charge is 2.15. The Bertz CT molecular complexity index is 408. The quantitative estimate of drug-likeness (QED) is 0.832. The average molecular weight is 237 g/mol. The number of carbonyl (C=O) groups excluding carboxylic acids is 1. The third-order valence-electron chi connectivity index (χ3n) is 2.30. The maximum atomic E-state index is 11.3. The Hall–Kier alpha value is -1.38. The van der Waals surface area contributed by atoms with Crippen molar-refractivity contribution < 1.29 is 4.79 Å². The highest BCUT2D eigenvalue weighted by Crippen LogP contribution is 2.22. The molecule has 0 radical (unpaired) electrons. The zero-order valence-electron chi connectivity index (χ0n) is 9.57. The molecule has 4 nitrogen and oxygen atoms in total. The first-order valence-electron chi connectivity index (χ1n) is 5.06. The molecule has 1 rings (SSSR count). The van der Waals surface area contributed by atoms with Gasteiger partial charge in [-0.2, -0.15) is 5.26 Å². The molecule has 1 heterocycles. The third-order valence-corrected chi connectivity index (χ3v) is 3.48. The number of likely N-dealkylation sites (N-methyl/N-ethyl adjacent to an activating group) is 1. The van der Waals surface area contributed by atoms with Gasteiger partial charge < -0.3 is 5.32 Å². The second-order valence-electron chi connectivity index (χ2n) is 3.54. The van der Waals surface area contributed by atoms with Gasteiger partial charge in [0.2, 0.25) is 5.91 Å². The Morgan fingerprint density at radius 2 is 2.19 bits per heavy atom. The molecular formula is C11H15N3OS. The molecule has 0 aliphatic carbocycles. The molecule has 0 aromatic carbocycles. The monoisotopic (exact) mass is 237 g/mol. The molecule has 1 unspecified atom stereocenters. The first-order chi connectivity index (χ1) is 7.58. The van der Waals surface area contributed by atoms with Crippen molar-refractivity contribution in [2.75, 3.05) is 7.05 Å². The van der Waals surface area contributed by atoms with E-state index in [1.54, 1.807) is 13.1 Å². The van der Waals surface area contributed by atoms with Crippen LogP contribution in [0.2, 0.25) is 0 Å². The normalized spacial score (nSPS) is 13.9. The maximum Gasteiger partial charge on any atom is 0.236 e. The van der Waals surface area contributed by atoms with Crippen LogP contribution in [0.15, 0.2) is 12.1 Å². The Labute approximate surface area is 99.3 Å². The Balaban J connectivity index is 2.62. The molecule has 2 N–H and O–H groups in total. The predicted octanol–water partition coefficient (Wildman–Crippen LogP) is 1.40. The molecule has 5 heteroatoms. The predicted molar refractivity (Wildman–Crippen MR) is 64.1 cm³/mol. The van der Waals surface area contributed by atoms with Gasteiger partial charge in [-0.15, -0.1) is 11.3 Å². The van der Waals surface area contributed by atoms with Gasteiger partial charge >= 0.3 is 0 Å². The van der Waals surface area contributed by atoms with Gasteiger partial charge in [-0.3, -0.25) is 10.1 Å². The van der Waals surface area contributed by atoms with E-state index in [1.165, 1.54) is 11.3 Å². The van der Waals surface area contributed by atoms with Crippen LogP contribution in [0.1, 0.15) is 29.6 Å². The van der Waals surface area contributed by atoms with E-state index in [0.29, 0.717) is 4.88 Å². The first-order valence-corrected chi connectivity index (χ1v) is 5.87. The Morgan fingerprint density at radius 1 is 1.50 bits per heavy atom. The minimum Gasteiger partial charge on any atom is -0.358 e. The van der Waals surface area contributed by atoms with E-state index in [-0.39, 0.29) is 18.0 Å². The van der Waals surface area contributed by atoms with Crippen LogP contribution in [0.4, 0.5) is 0 Å². The average Bonchev–Trinajstić information content (AvgIpc) is 2.76. The summed E-state index contributed by atoms with van der Waals surface area (Å²) < 4.78 is 0. The lowest BCUT2D eigenvalue weighted by molar-refractivity contribution is -0.122. The van der Waals surface area contributed by atoms with Gasteiger partial charge in [0.1, 0.15) is 10.9 Å². The molecule has 0 fully saturated rings. The molecule has 0 aliphatic rings. The van der Waals surface area contributed by atoms with Gasteiger partial charge in [0.05, 0.1) is 6.04 Å². The van der Waals surface area contributed by atoms with Crippen molar-refractivity contribution in [1.29, 1.82) is 5.26 Å². The molecule has 0 aliphatic heterocycles. The van der Waals surface area contributed by atoms with Crippen molar-refractivity contribution in [3.05, 3.63) is 21.9 Å². The largest absolute Gasteiger partial charge is 0.358 e. The van der Waals surface area contributed by atoms with E-state index in [4.69, 9.17) is 5.26 Å². The van der Waals surface area contributed by atoms with Crippen molar-refractivity contribution in [1.82, 2.24) is 10.6 Å². The zero-order chi connectivity index (χ0) is 12.1. The van der Waals surface area contributed by atoms with Gasteiger partial charge in [0.25, 0.3) is 0 Å². The Morgan fingerprint density at radius 3 is 2.69 bits per heavy atom.